The molecule has 0 amide bonds. The molecule has 3 aromatic heterocycles. The molecule has 0 spiro atoms. The largest absolute Gasteiger partial charge is 0.332 e. The predicted molar refractivity (Wildman–Crippen MR) is 82.9 cm³/mol. The lowest BCUT2D eigenvalue weighted by atomic mass is 10.2. The van der Waals surface area contributed by atoms with Gasteiger partial charge in [-0.15, -0.1) is 0 Å². The Labute approximate surface area is 128 Å². The molecule has 0 fully saturated rings. The minimum absolute atomic E-state index is 0.314. The van der Waals surface area contributed by atoms with E-state index in [9.17, 15) is 14.0 Å². The van der Waals surface area contributed by atoms with Crippen molar-refractivity contribution in [3.63, 3.8) is 0 Å². The summed E-state index contributed by atoms with van der Waals surface area (Å²) in [5.41, 5.74) is 1.25. The molecule has 116 valence electrons. The highest BCUT2D eigenvalue weighted by molar-refractivity contribution is 5.77. The maximum atomic E-state index is 13.0. The fraction of sp³-hybridized carbons (Fsp3) is 0.133. The number of aromatic amines is 1. The molecule has 0 bridgehead atoms. The first-order chi connectivity index (χ1) is 11.0. The summed E-state index contributed by atoms with van der Waals surface area (Å²) in [5.74, 6) is 0.122. The highest BCUT2D eigenvalue weighted by atomic mass is 19.1. The van der Waals surface area contributed by atoms with Crippen molar-refractivity contribution in [3.05, 3.63) is 57.1 Å². The van der Waals surface area contributed by atoms with Crippen LogP contribution in [0.4, 0.5) is 4.39 Å². The van der Waals surface area contributed by atoms with Crippen molar-refractivity contribution in [2.75, 3.05) is 0 Å². The van der Waals surface area contributed by atoms with Gasteiger partial charge in [-0.05, 0) is 29.8 Å². The predicted octanol–water partition coefficient (Wildman–Crippen LogP) is 1.02. The first-order valence-corrected chi connectivity index (χ1v) is 6.90. The van der Waals surface area contributed by atoms with Gasteiger partial charge in [0.15, 0.2) is 11.2 Å². The zero-order chi connectivity index (χ0) is 16.3. The molecule has 7 nitrogen and oxygen atoms in total. The lowest BCUT2D eigenvalue weighted by Crippen LogP contribution is -2.37. The van der Waals surface area contributed by atoms with E-state index >= 15 is 0 Å². The van der Waals surface area contributed by atoms with E-state index in [0.717, 1.165) is 10.1 Å². The SMILES string of the molecule is Cn1c(=O)c2c(nc3[nH]c(-c4ccc(F)cc4)cn32)n(C)c1=O. The van der Waals surface area contributed by atoms with Crippen LogP contribution in [0.3, 0.4) is 0 Å². The molecule has 4 rings (SSSR count). The van der Waals surface area contributed by atoms with E-state index in [0.29, 0.717) is 22.6 Å². The summed E-state index contributed by atoms with van der Waals surface area (Å²) in [7, 11) is 2.99. The van der Waals surface area contributed by atoms with Gasteiger partial charge >= 0.3 is 5.69 Å². The van der Waals surface area contributed by atoms with Crippen molar-refractivity contribution >= 4 is 16.9 Å². The molecule has 0 saturated heterocycles. The molecular weight excluding hydrogens is 301 g/mol. The number of benzene rings is 1. The summed E-state index contributed by atoms with van der Waals surface area (Å²) in [6.45, 7) is 0. The molecule has 0 aliphatic rings. The average molecular weight is 313 g/mol. The van der Waals surface area contributed by atoms with Crippen LogP contribution in [-0.4, -0.2) is 23.5 Å². The van der Waals surface area contributed by atoms with Gasteiger partial charge in [0.1, 0.15) is 5.82 Å². The zero-order valence-electron chi connectivity index (χ0n) is 12.4. The van der Waals surface area contributed by atoms with Gasteiger partial charge in [0.05, 0.1) is 5.69 Å². The van der Waals surface area contributed by atoms with Crippen LogP contribution >= 0.6 is 0 Å². The van der Waals surface area contributed by atoms with Crippen LogP contribution < -0.4 is 11.2 Å². The van der Waals surface area contributed by atoms with E-state index in [1.165, 1.54) is 23.7 Å². The molecule has 4 aromatic rings. The van der Waals surface area contributed by atoms with Crippen LogP contribution in [0.5, 0.6) is 0 Å². The van der Waals surface area contributed by atoms with E-state index in [4.69, 9.17) is 0 Å². The van der Waals surface area contributed by atoms with Crippen LogP contribution in [0.1, 0.15) is 0 Å². The summed E-state index contributed by atoms with van der Waals surface area (Å²) < 4.78 is 17.0. The van der Waals surface area contributed by atoms with Gasteiger partial charge < -0.3 is 4.98 Å². The Bertz CT molecular complexity index is 1180. The third-order valence-corrected chi connectivity index (χ3v) is 3.95. The second-order valence-corrected chi connectivity index (χ2v) is 5.36. The standard InChI is InChI=1S/C15H12FN5O2/c1-19-12-11(13(22)20(2)15(19)23)21-7-10(17-14(21)18-12)8-3-5-9(16)6-4-8/h3-7H,1-2H3,(H,17,18). The third kappa shape index (κ3) is 1.78. The Balaban J connectivity index is 2.06. The molecule has 3 heterocycles. The monoisotopic (exact) mass is 313 g/mol. The van der Waals surface area contributed by atoms with Gasteiger partial charge in [-0.25, -0.2) is 9.18 Å². The number of hydrogen-bond donors (Lipinski definition) is 1. The van der Waals surface area contributed by atoms with Crippen LogP contribution in [0.2, 0.25) is 0 Å². The lowest BCUT2D eigenvalue weighted by molar-refractivity contribution is 0.628. The number of nitrogens with one attached hydrogen (secondary N) is 1. The van der Waals surface area contributed by atoms with E-state index in [1.54, 1.807) is 29.8 Å². The van der Waals surface area contributed by atoms with Gasteiger partial charge in [-0.2, -0.15) is 4.98 Å². The Morgan fingerprint density at radius 1 is 1.09 bits per heavy atom. The second kappa shape index (κ2) is 4.42. The highest BCUT2D eigenvalue weighted by Crippen LogP contribution is 2.21. The summed E-state index contributed by atoms with van der Waals surface area (Å²) >= 11 is 0. The molecule has 0 aliphatic carbocycles. The van der Waals surface area contributed by atoms with Gasteiger partial charge in [0, 0.05) is 20.3 Å². The number of fused-ring (bicyclic) bond motifs is 3. The number of aromatic nitrogens is 5. The minimum atomic E-state index is -0.429. The Kier molecular flexibility index (Phi) is 2.59. The average Bonchev–Trinajstić information content (AvgIpc) is 3.09. The zero-order valence-corrected chi connectivity index (χ0v) is 12.4. The summed E-state index contributed by atoms with van der Waals surface area (Å²) in [5, 5.41) is 0. The maximum Gasteiger partial charge on any atom is 0.332 e. The fourth-order valence-electron chi connectivity index (χ4n) is 2.69. The van der Waals surface area contributed by atoms with Crippen molar-refractivity contribution in [2.24, 2.45) is 14.1 Å². The first kappa shape index (κ1) is 13.5. The van der Waals surface area contributed by atoms with Gasteiger partial charge in [-0.1, -0.05) is 0 Å². The van der Waals surface area contributed by atoms with Crippen LogP contribution in [-0.2, 0) is 14.1 Å². The smallest absolute Gasteiger partial charge is 0.323 e. The Morgan fingerprint density at radius 2 is 1.78 bits per heavy atom. The number of nitrogens with zero attached hydrogens (tertiary/aromatic N) is 4. The van der Waals surface area contributed by atoms with Crippen molar-refractivity contribution in [2.45, 2.75) is 0 Å². The number of hydrogen-bond acceptors (Lipinski definition) is 3. The molecule has 0 radical (unpaired) electrons. The number of H-pyrrole nitrogens is 1. The molecule has 0 unspecified atom stereocenters. The molecular formula is C15H12FN5O2. The highest BCUT2D eigenvalue weighted by Gasteiger charge is 2.17. The van der Waals surface area contributed by atoms with E-state index in [-0.39, 0.29) is 5.82 Å². The molecule has 0 saturated carbocycles. The van der Waals surface area contributed by atoms with Gasteiger partial charge in [-0.3, -0.25) is 18.3 Å². The van der Waals surface area contributed by atoms with Crippen LogP contribution in [0, 0.1) is 5.82 Å². The normalized spacial score (nSPS) is 11.6. The fourth-order valence-corrected chi connectivity index (χ4v) is 2.69. The molecule has 0 aliphatic heterocycles. The summed E-state index contributed by atoms with van der Waals surface area (Å²) in [6.07, 6.45) is 1.71. The number of halogens is 1. The van der Waals surface area contributed by atoms with E-state index in [1.807, 2.05) is 0 Å². The molecule has 0 atom stereocenters. The maximum absolute atomic E-state index is 13.0. The van der Waals surface area contributed by atoms with Crippen molar-refractivity contribution < 1.29 is 4.39 Å². The summed E-state index contributed by atoms with van der Waals surface area (Å²) in [6, 6.07) is 5.99. The summed E-state index contributed by atoms with van der Waals surface area (Å²) in [4.78, 5) is 31.7. The lowest BCUT2D eigenvalue weighted by Gasteiger charge is -2.02. The van der Waals surface area contributed by atoms with Crippen molar-refractivity contribution in [3.8, 4) is 11.3 Å². The molecule has 23 heavy (non-hydrogen) atoms. The van der Waals surface area contributed by atoms with Gasteiger partial charge in [0.25, 0.3) is 5.56 Å². The molecule has 1 N–H and O–H groups in total. The number of imidazole rings is 2. The minimum Gasteiger partial charge on any atom is -0.323 e. The van der Waals surface area contributed by atoms with Gasteiger partial charge in [0.2, 0.25) is 5.78 Å². The van der Waals surface area contributed by atoms with Crippen molar-refractivity contribution in [1.29, 1.82) is 0 Å². The molecule has 8 heteroatoms. The quantitative estimate of drug-likeness (QED) is 0.570. The topological polar surface area (TPSA) is 77.1 Å². The number of rotatable bonds is 1. The van der Waals surface area contributed by atoms with Crippen molar-refractivity contribution in [1.82, 2.24) is 23.5 Å². The van der Waals surface area contributed by atoms with E-state index in [2.05, 4.69) is 9.97 Å². The third-order valence-electron chi connectivity index (χ3n) is 3.95. The Hall–Kier alpha value is -3.16. The second-order valence-electron chi connectivity index (χ2n) is 5.36. The van der Waals surface area contributed by atoms with Crippen LogP contribution in [0.15, 0.2) is 40.1 Å². The van der Waals surface area contributed by atoms with Crippen LogP contribution in [0.25, 0.3) is 28.2 Å². The number of aryl methyl sites for hydroxylation is 1. The first-order valence-electron chi connectivity index (χ1n) is 6.90. The van der Waals surface area contributed by atoms with E-state index < -0.39 is 11.2 Å². The molecule has 1 aromatic carbocycles. The Morgan fingerprint density at radius 3 is 2.48 bits per heavy atom.